The van der Waals surface area contributed by atoms with E-state index >= 15 is 0 Å². The van der Waals surface area contributed by atoms with Crippen LogP contribution in [0.25, 0.3) is 5.69 Å². The topological polar surface area (TPSA) is 72.3 Å². The first kappa shape index (κ1) is 22.6. The zero-order valence-electron chi connectivity index (χ0n) is 18.3. The van der Waals surface area contributed by atoms with Crippen LogP contribution in [0.2, 0.25) is 5.02 Å². The zero-order chi connectivity index (χ0) is 22.7. The number of morpholine rings is 1. The summed E-state index contributed by atoms with van der Waals surface area (Å²) in [5, 5.41) is 12.8. The molecule has 1 fully saturated rings. The van der Waals surface area contributed by atoms with Gasteiger partial charge < -0.3 is 15.0 Å². The lowest BCUT2D eigenvalue weighted by Crippen LogP contribution is -2.38. The van der Waals surface area contributed by atoms with E-state index in [0.29, 0.717) is 29.1 Å². The number of nitrogens with zero attached hydrogens (tertiary/aromatic N) is 4. The Labute approximate surface area is 197 Å². The maximum absolute atomic E-state index is 12.9. The molecule has 3 aromatic rings. The Morgan fingerprint density at radius 1 is 1.12 bits per heavy atom. The van der Waals surface area contributed by atoms with E-state index in [1.54, 1.807) is 6.07 Å². The van der Waals surface area contributed by atoms with Gasteiger partial charge in [-0.25, -0.2) is 0 Å². The van der Waals surface area contributed by atoms with Crippen LogP contribution in [0.4, 0.5) is 11.6 Å². The van der Waals surface area contributed by atoms with Gasteiger partial charge in [-0.1, -0.05) is 47.1 Å². The normalized spacial score (nSPS) is 14.9. The number of ether oxygens (including phenoxy) is 1. The van der Waals surface area contributed by atoms with Gasteiger partial charge in [0.2, 0.25) is 11.9 Å². The van der Waals surface area contributed by atoms with Gasteiger partial charge in [-0.2, -0.15) is 0 Å². The minimum absolute atomic E-state index is 0.119. The van der Waals surface area contributed by atoms with E-state index in [2.05, 4.69) is 39.5 Å². The second-order valence-electron chi connectivity index (χ2n) is 7.76. The molecule has 168 valence electrons. The van der Waals surface area contributed by atoms with E-state index in [0.717, 1.165) is 30.3 Å². The second-order valence-corrected chi connectivity index (χ2v) is 9.51. The summed E-state index contributed by atoms with van der Waals surface area (Å²) < 4.78 is 7.51. The molecular formula is C23H26ClN5O2S. The first-order valence-electron chi connectivity index (χ1n) is 10.5. The standard InChI is InChI=1S/C23H26ClN5O2S/c1-15-4-8-19(9-5-15)29-22(28-10-12-31-13-11-28)26-27-23(29)32-17(3)21(30)25-20-14-18(24)7-6-16(20)2/h4-9,14,17H,10-13H2,1-3H3,(H,25,30). The predicted octanol–water partition coefficient (Wildman–Crippen LogP) is 4.49. The Morgan fingerprint density at radius 3 is 2.56 bits per heavy atom. The molecule has 0 bridgehead atoms. The van der Waals surface area contributed by atoms with Crippen molar-refractivity contribution in [3.05, 3.63) is 58.6 Å². The molecule has 7 nitrogen and oxygen atoms in total. The van der Waals surface area contributed by atoms with Crippen LogP contribution in [0.15, 0.2) is 47.6 Å². The SMILES string of the molecule is Cc1ccc(-n2c(SC(C)C(=O)Nc3cc(Cl)ccc3C)nnc2N2CCOCC2)cc1. The van der Waals surface area contributed by atoms with Gasteiger partial charge >= 0.3 is 0 Å². The Bertz CT molecular complexity index is 1100. The third-order valence-electron chi connectivity index (χ3n) is 5.31. The molecule has 1 aliphatic rings. The van der Waals surface area contributed by atoms with Crippen molar-refractivity contribution >= 4 is 40.9 Å². The fourth-order valence-corrected chi connectivity index (χ4v) is 4.44. The molecule has 1 aromatic heterocycles. The number of aryl methyl sites for hydroxylation is 2. The Kier molecular flexibility index (Phi) is 7.03. The average molecular weight is 472 g/mol. The molecule has 0 spiro atoms. The van der Waals surface area contributed by atoms with Gasteiger partial charge in [0.25, 0.3) is 0 Å². The molecule has 0 radical (unpaired) electrons. The number of amides is 1. The van der Waals surface area contributed by atoms with Crippen LogP contribution >= 0.6 is 23.4 Å². The van der Waals surface area contributed by atoms with Gasteiger partial charge in [0.15, 0.2) is 5.16 Å². The number of carbonyl (C=O) groups excluding carboxylic acids is 1. The quantitative estimate of drug-likeness (QED) is 0.534. The summed E-state index contributed by atoms with van der Waals surface area (Å²) in [6, 6.07) is 13.7. The highest BCUT2D eigenvalue weighted by atomic mass is 35.5. The Hall–Kier alpha value is -2.55. The van der Waals surface area contributed by atoms with E-state index in [9.17, 15) is 4.79 Å². The van der Waals surface area contributed by atoms with Gasteiger partial charge in [0, 0.05) is 23.8 Å². The number of hydrogen-bond donors (Lipinski definition) is 1. The minimum atomic E-state index is -0.390. The van der Waals surface area contributed by atoms with E-state index in [-0.39, 0.29) is 11.2 Å². The molecule has 1 saturated heterocycles. The number of anilines is 2. The highest BCUT2D eigenvalue weighted by Crippen LogP contribution is 2.30. The van der Waals surface area contributed by atoms with Crippen molar-refractivity contribution in [3.8, 4) is 5.69 Å². The molecule has 1 atom stereocenters. The molecule has 1 aliphatic heterocycles. The number of hydrogen-bond acceptors (Lipinski definition) is 6. The van der Waals surface area contributed by atoms with Crippen LogP contribution in [-0.4, -0.2) is 52.2 Å². The zero-order valence-corrected chi connectivity index (χ0v) is 19.9. The summed E-state index contributed by atoms with van der Waals surface area (Å²) in [7, 11) is 0. The van der Waals surface area contributed by atoms with Crippen molar-refractivity contribution in [2.45, 2.75) is 31.2 Å². The van der Waals surface area contributed by atoms with Crippen molar-refractivity contribution in [2.75, 3.05) is 36.5 Å². The van der Waals surface area contributed by atoms with Crippen LogP contribution in [0.3, 0.4) is 0 Å². The summed E-state index contributed by atoms with van der Waals surface area (Å²) in [4.78, 5) is 15.1. The van der Waals surface area contributed by atoms with E-state index in [1.807, 2.05) is 42.7 Å². The van der Waals surface area contributed by atoms with Crippen molar-refractivity contribution in [3.63, 3.8) is 0 Å². The van der Waals surface area contributed by atoms with Gasteiger partial charge in [0.05, 0.1) is 24.2 Å². The molecule has 9 heteroatoms. The van der Waals surface area contributed by atoms with Crippen molar-refractivity contribution in [1.82, 2.24) is 14.8 Å². The molecule has 0 aliphatic carbocycles. The molecule has 1 amide bonds. The summed E-state index contributed by atoms with van der Waals surface area (Å²) in [6.45, 7) is 8.66. The Morgan fingerprint density at radius 2 is 1.84 bits per heavy atom. The number of carbonyl (C=O) groups is 1. The highest BCUT2D eigenvalue weighted by molar-refractivity contribution is 8.00. The summed E-state index contributed by atoms with van der Waals surface area (Å²) in [5.74, 6) is 0.643. The summed E-state index contributed by atoms with van der Waals surface area (Å²) in [5.41, 5.74) is 3.80. The van der Waals surface area contributed by atoms with Crippen LogP contribution in [0.5, 0.6) is 0 Å². The van der Waals surface area contributed by atoms with Crippen LogP contribution in [0.1, 0.15) is 18.1 Å². The minimum Gasteiger partial charge on any atom is -0.378 e. The van der Waals surface area contributed by atoms with Gasteiger partial charge in [0.1, 0.15) is 0 Å². The van der Waals surface area contributed by atoms with Crippen molar-refractivity contribution in [1.29, 1.82) is 0 Å². The molecule has 32 heavy (non-hydrogen) atoms. The summed E-state index contributed by atoms with van der Waals surface area (Å²) in [6.07, 6.45) is 0. The van der Waals surface area contributed by atoms with E-state index < -0.39 is 0 Å². The van der Waals surface area contributed by atoms with Crippen molar-refractivity contribution in [2.24, 2.45) is 0 Å². The summed E-state index contributed by atoms with van der Waals surface area (Å²) >= 11 is 7.47. The number of aromatic nitrogens is 3. The van der Waals surface area contributed by atoms with Crippen LogP contribution in [-0.2, 0) is 9.53 Å². The van der Waals surface area contributed by atoms with Crippen LogP contribution in [0, 0.1) is 13.8 Å². The number of thioether (sulfide) groups is 1. The molecular weight excluding hydrogens is 446 g/mol. The largest absolute Gasteiger partial charge is 0.378 e. The van der Waals surface area contributed by atoms with Gasteiger partial charge in [-0.15, -0.1) is 10.2 Å². The monoisotopic (exact) mass is 471 g/mol. The smallest absolute Gasteiger partial charge is 0.237 e. The maximum atomic E-state index is 12.9. The number of halogens is 1. The molecule has 1 N–H and O–H groups in total. The Balaban J connectivity index is 1.59. The predicted molar refractivity (Wildman–Crippen MR) is 129 cm³/mol. The number of rotatable bonds is 6. The second kappa shape index (κ2) is 9.94. The van der Waals surface area contributed by atoms with E-state index in [4.69, 9.17) is 16.3 Å². The first-order valence-corrected chi connectivity index (χ1v) is 11.8. The highest BCUT2D eigenvalue weighted by Gasteiger charge is 2.25. The number of benzene rings is 2. The van der Waals surface area contributed by atoms with Crippen molar-refractivity contribution < 1.29 is 9.53 Å². The van der Waals surface area contributed by atoms with Gasteiger partial charge in [-0.05, 0) is 50.6 Å². The molecule has 2 aromatic carbocycles. The molecule has 4 rings (SSSR count). The molecule has 2 heterocycles. The molecule has 0 saturated carbocycles. The maximum Gasteiger partial charge on any atom is 0.237 e. The fourth-order valence-electron chi connectivity index (χ4n) is 3.40. The average Bonchev–Trinajstić information content (AvgIpc) is 3.20. The van der Waals surface area contributed by atoms with Gasteiger partial charge in [-0.3, -0.25) is 9.36 Å². The third kappa shape index (κ3) is 5.09. The fraction of sp³-hybridized carbons (Fsp3) is 0.348. The number of nitrogens with one attached hydrogen (secondary N) is 1. The van der Waals surface area contributed by atoms with Crippen LogP contribution < -0.4 is 10.2 Å². The third-order valence-corrected chi connectivity index (χ3v) is 6.59. The lowest BCUT2D eigenvalue weighted by atomic mass is 10.2. The lowest BCUT2D eigenvalue weighted by molar-refractivity contribution is -0.115. The lowest BCUT2D eigenvalue weighted by Gasteiger charge is -2.28. The van der Waals surface area contributed by atoms with E-state index in [1.165, 1.54) is 17.3 Å². The molecule has 1 unspecified atom stereocenters. The first-order chi connectivity index (χ1) is 15.4.